The summed E-state index contributed by atoms with van der Waals surface area (Å²) in [6.45, 7) is 1.95. The molecule has 0 aliphatic carbocycles. The molecule has 43 heavy (non-hydrogen) atoms. The van der Waals surface area contributed by atoms with Crippen LogP contribution in [0.1, 0.15) is 41.7 Å². The number of fused-ring (bicyclic) bond motifs is 1. The van der Waals surface area contributed by atoms with E-state index < -0.39 is 11.9 Å². The molecule has 0 bridgehead atoms. The lowest BCUT2D eigenvalue weighted by Crippen LogP contribution is -2.31. The van der Waals surface area contributed by atoms with Gasteiger partial charge >= 0.3 is 0 Å². The molecule has 0 unspecified atom stereocenters. The maximum atomic E-state index is 13.9. The van der Waals surface area contributed by atoms with Gasteiger partial charge in [-0.2, -0.15) is 5.26 Å². The molecular formula is C31H26Cl2F2N8. The summed E-state index contributed by atoms with van der Waals surface area (Å²) in [4.78, 5) is 6.88. The summed E-state index contributed by atoms with van der Waals surface area (Å²) in [5, 5.41) is 26.4. The molecule has 0 radical (unpaired) electrons. The van der Waals surface area contributed by atoms with Gasteiger partial charge in [-0.15, -0.1) is 5.10 Å². The number of piperidine rings is 1. The summed E-state index contributed by atoms with van der Waals surface area (Å²) in [7, 11) is 2.11. The first-order valence-corrected chi connectivity index (χ1v) is 14.4. The van der Waals surface area contributed by atoms with Gasteiger partial charge in [0, 0.05) is 22.3 Å². The highest BCUT2D eigenvalue weighted by molar-refractivity contribution is 6.32. The van der Waals surface area contributed by atoms with Crippen molar-refractivity contribution in [2.75, 3.05) is 30.8 Å². The van der Waals surface area contributed by atoms with Crippen LogP contribution in [0.15, 0.2) is 67.0 Å². The number of nitrogens with one attached hydrogen (secondary N) is 2. The molecule has 1 aliphatic rings. The second-order valence-electron chi connectivity index (χ2n) is 10.5. The molecule has 12 heteroatoms. The molecule has 3 aromatic carbocycles. The van der Waals surface area contributed by atoms with Crippen molar-refractivity contribution in [3.8, 4) is 6.07 Å². The van der Waals surface area contributed by atoms with Crippen LogP contribution < -0.4 is 10.6 Å². The fourth-order valence-electron chi connectivity index (χ4n) is 5.31. The van der Waals surface area contributed by atoms with E-state index in [4.69, 9.17) is 23.2 Å². The zero-order valence-corrected chi connectivity index (χ0v) is 24.5. The highest BCUT2D eigenvalue weighted by Gasteiger charge is 2.24. The Morgan fingerprint density at radius 2 is 1.81 bits per heavy atom. The number of hydrogen-bond donors (Lipinski definition) is 2. The first kappa shape index (κ1) is 28.8. The van der Waals surface area contributed by atoms with Gasteiger partial charge in [0.15, 0.2) is 0 Å². The molecule has 0 spiro atoms. The highest BCUT2D eigenvalue weighted by Crippen LogP contribution is 2.38. The molecule has 5 aromatic rings. The molecule has 3 heterocycles. The first-order chi connectivity index (χ1) is 20.8. The fourth-order valence-corrected chi connectivity index (χ4v) is 5.71. The lowest BCUT2D eigenvalue weighted by Gasteiger charge is -2.28. The van der Waals surface area contributed by atoms with Gasteiger partial charge in [0.1, 0.15) is 23.4 Å². The van der Waals surface area contributed by atoms with E-state index in [-0.39, 0.29) is 22.4 Å². The van der Waals surface area contributed by atoms with E-state index in [1.165, 1.54) is 36.5 Å². The SMILES string of the molecule is CN1CCC(n2cc([C@@H](Nc3cc(Cl)cc4c(Nc5ccc(F)c(Cl)c5)c(C#N)cnc34)c3ccc(F)cc3)nn2)CC1. The summed E-state index contributed by atoms with van der Waals surface area (Å²) in [5.74, 6) is -0.908. The minimum absolute atomic E-state index is 0.0577. The van der Waals surface area contributed by atoms with Crippen molar-refractivity contribution in [3.05, 3.63) is 105 Å². The van der Waals surface area contributed by atoms with Crippen LogP contribution >= 0.6 is 23.2 Å². The summed E-state index contributed by atoms with van der Waals surface area (Å²) in [6.07, 6.45) is 5.31. The van der Waals surface area contributed by atoms with Gasteiger partial charge in [-0.25, -0.2) is 13.5 Å². The van der Waals surface area contributed by atoms with Crippen LogP contribution in [-0.2, 0) is 0 Å². The van der Waals surface area contributed by atoms with E-state index in [0.29, 0.717) is 38.7 Å². The van der Waals surface area contributed by atoms with Gasteiger partial charge in [0.25, 0.3) is 0 Å². The van der Waals surface area contributed by atoms with Crippen molar-refractivity contribution in [1.82, 2.24) is 24.9 Å². The van der Waals surface area contributed by atoms with Crippen LogP contribution in [-0.4, -0.2) is 45.0 Å². The van der Waals surface area contributed by atoms with Crippen LogP contribution in [0, 0.1) is 23.0 Å². The second-order valence-corrected chi connectivity index (χ2v) is 11.4. The number of nitriles is 1. The van der Waals surface area contributed by atoms with Crippen LogP contribution in [0.4, 0.5) is 25.8 Å². The topological polar surface area (TPSA) is 94.7 Å². The fraction of sp³-hybridized carbons (Fsp3) is 0.226. The Balaban J connectivity index is 1.42. The standard InChI is InChI=1S/C31H26Cl2F2N8/c1-42-10-8-23(9-11-42)43-17-28(40-41-43)30(18-2-4-21(34)5-3-18)39-27-13-20(32)12-24-29(19(15-36)16-37-31(24)27)38-22-6-7-26(35)25(33)14-22/h2-7,12-14,16-17,23,30,39H,8-11H2,1H3,(H,37,38)/t30-/m0/s1. The Bertz CT molecular complexity index is 1830. The lowest BCUT2D eigenvalue weighted by atomic mass is 10.0. The third-order valence-electron chi connectivity index (χ3n) is 7.63. The van der Waals surface area contributed by atoms with Gasteiger partial charge in [0.2, 0.25) is 0 Å². The Hall–Kier alpha value is -4.30. The smallest absolute Gasteiger partial charge is 0.141 e. The van der Waals surface area contributed by atoms with Crippen molar-refractivity contribution < 1.29 is 8.78 Å². The van der Waals surface area contributed by atoms with Crippen LogP contribution in [0.25, 0.3) is 10.9 Å². The number of likely N-dealkylation sites (tertiary alicyclic amines) is 1. The third-order valence-corrected chi connectivity index (χ3v) is 8.14. The average molecular weight is 620 g/mol. The number of nitrogens with zero attached hydrogens (tertiary/aromatic N) is 6. The molecule has 1 fully saturated rings. The second kappa shape index (κ2) is 12.1. The molecule has 2 N–H and O–H groups in total. The molecular weight excluding hydrogens is 593 g/mol. The molecule has 0 amide bonds. The average Bonchev–Trinajstić information content (AvgIpc) is 3.49. The van der Waals surface area contributed by atoms with E-state index in [9.17, 15) is 14.0 Å². The number of rotatable bonds is 7. The number of anilines is 3. The first-order valence-electron chi connectivity index (χ1n) is 13.7. The van der Waals surface area contributed by atoms with Gasteiger partial charge in [0.05, 0.1) is 45.8 Å². The minimum atomic E-state index is -0.554. The van der Waals surface area contributed by atoms with Gasteiger partial charge in [-0.05, 0) is 81.0 Å². The summed E-state index contributed by atoms with van der Waals surface area (Å²) >= 11 is 12.6. The number of halogens is 4. The van der Waals surface area contributed by atoms with Gasteiger partial charge < -0.3 is 15.5 Å². The van der Waals surface area contributed by atoms with E-state index in [2.05, 4.69) is 43.9 Å². The van der Waals surface area contributed by atoms with Crippen molar-refractivity contribution >= 4 is 51.2 Å². The van der Waals surface area contributed by atoms with Crippen molar-refractivity contribution in [3.63, 3.8) is 0 Å². The van der Waals surface area contributed by atoms with E-state index in [1.54, 1.807) is 24.3 Å². The van der Waals surface area contributed by atoms with Crippen LogP contribution in [0.5, 0.6) is 0 Å². The maximum absolute atomic E-state index is 13.9. The summed E-state index contributed by atoms with van der Waals surface area (Å²) in [5.41, 5.74) is 3.68. The third kappa shape index (κ3) is 6.11. The van der Waals surface area contributed by atoms with Crippen molar-refractivity contribution in [2.45, 2.75) is 24.9 Å². The largest absolute Gasteiger partial charge is 0.371 e. The van der Waals surface area contributed by atoms with E-state index >= 15 is 0 Å². The lowest BCUT2D eigenvalue weighted by molar-refractivity contribution is 0.210. The maximum Gasteiger partial charge on any atom is 0.141 e. The molecule has 8 nitrogen and oxygen atoms in total. The van der Waals surface area contributed by atoms with E-state index in [0.717, 1.165) is 31.5 Å². The number of hydrogen-bond acceptors (Lipinski definition) is 7. The Kier molecular flexibility index (Phi) is 8.13. The van der Waals surface area contributed by atoms with Gasteiger partial charge in [-0.1, -0.05) is 40.5 Å². The van der Waals surface area contributed by atoms with Gasteiger partial charge in [-0.3, -0.25) is 4.98 Å². The molecule has 0 saturated carbocycles. The quantitative estimate of drug-likeness (QED) is 0.195. The Labute approximate surface area is 256 Å². The Morgan fingerprint density at radius 3 is 2.53 bits per heavy atom. The zero-order valence-electron chi connectivity index (χ0n) is 23.0. The zero-order chi connectivity index (χ0) is 30.1. The molecule has 2 aromatic heterocycles. The van der Waals surface area contributed by atoms with Crippen molar-refractivity contribution in [1.29, 1.82) is 5.26 Å². The van der Waals surface area contributed by atoms with Crippen LogP contribution in [0.3, 0.4) is 0 Å². The minimum Gasteiger partial charge on any atom is -0.371 e. The molecule has 1 atom stereocenters. The molecule has 6 rings (SSSR count). The number of benzene rings is 3. The Morgan fingerprint density at radius 1 is 1.05 bits per heavy atom. The van der Waals surface area contributed by atoms with Crippen LogP contribution in [0.2, 0.25) is 10.0 Å². The highest BCUT2D eigenvalue weighted by atomic mass is 35.5. The normalized spacial score (nSPS) is 14.9. The van der Waals surface area contributed by atoms with Crippen molar-refractivity contribution in [2.24, 2.45) is 0 Å². The predicted octanol–water partition coefficient (Wildman–Crippen LogP) is 7.49. The van der Waals surface area contributed by atoms with E-state index in [1.807, 2.05) is 10.9 Å². The molecule has 1 aliphatic heterocycles. The molecule has 218 valence electrons. The molecule has 1 saturated heterocycles. The number of aromatic nitrogens is 4. The summed E-state index contributed by atoms with van der Waals surface area (Å²) in [6, 6.07) is 15.7. The summed E-state index contributed by atoms with van der Waals surface area (Å²) < 4.78 is 29.6. The number of pyridine rings is 1. The predicted molar refractivity (Wildman–Crippen MR) is 164 cm³/mol. The monoisotopic (exact) mass is 618 g/mol.